The van der Waals surface area contributed by atoms with Gasteiger partial charge in [-0.05, 0) is 11.5 Å². The summed E-state index contributed by atoms with van der Waals surface area (Å²) in [5, 5.41) is 10.3. The molecule has 0 fully saturated rings. The predicted molar refractivity (Wildman–Crippen MR) is 76.5 cm³/mol. The van der Waals surface area contributed by atoms with Crippen molar-refractivity contribution < 1.29 is 0 Å². The maximum atomic E-state index is 5.71. The van der Waals surface area contributed by atoms with Gasteiger partial charge in [0.05, 0.1) is 17.4 Å². The highest BCUT2D eigenvalue weighted by Crippen LogP contribution is 2.23. The monoisotopic (exact) mass is 268 g/mol. The lowest BCUT2D eigenvalue weighted by Crippen LogP contribution is -2.30. The first kappa shape index (κ1) is 12.7. The van der Waals surface area contributed by atoms with Crippen LogP contribution in [0.15, 0.2) is 42.7 Å². The van der Waals surface area contributed by atoms with Gasteiger partial charge in [-0.15, -0.1) is 5.10 Å². The van der Waals surface area contributed by atoms with Gasteiger partial charge in [-0.25, -0.2) is 0 Å². The van der Waals surface area contributed by atoms with Gasteiger partial charge in [0.1, 0.15) is 0 Å². The fourth-order valence-electron chi connectivity index (χ4n) is 2.35. The zero-order valence-electron chi connectivity index (χ0n) is 11.2. The largest absolute Gasteiger partial charge is 0.271 e. The van der Waals surface area contributed by atoms with Gasteiger partial charge < -0.3 is 0 Å². The summed E-state index contributed by atoms with van der Waals surface area (Å²) in [4.78, 5) is 4.48. The van der Waals surface area contributed by atoms with Crippen molar-refractivity contribution in [2.24, 2.45) is 12.9 Å². The number of fused-ring (bicyclic) bond motifs is 1. The van der Waals surface area contributed by atoms with E-state index in [0.717, 1.165) is 22.2 Å². The molecule has 1 unspecified atom stereocenters. The van der Waals surface area contributed by atoms with E-state index in [0.29, 0.717) is 6.42 Å². The Kier molecular flexibility index (Phi) is 3.41. The number of aromatic nitrogens is 4. The molecule has 3 rings (SSSR count). The third kappa shape index (κ3) is 2.38. The summed E-state index contributed by atoms with van der Waals surface area (Å²) in [5.74, 6) is 5.71. The highest BCUT2D eigenvalue weighted by atomic mass is 15.4. The first-order chi connectivity index (χ1) is 9.78. The zero-order chi connectivity index (χ0) is 13.9. The summed E-state index contributed by atoms with van der Waals surface area (Å²) in [6.45, 7) is 0. The van der Waals surface area contributed by atoms with Crippen molar-refractivity contribution >= 4 is 10.8 Å². The van der Waals surface area contributed by atoms with Gasteiger partial charge in [0.25, 0.3) is 0 Å². The van der Waals surface area contributed by atoms with Gasteiger partial charge in [-0.1, -0.05) is 29.5 Å². The van der Waals surface area contributed by atoms with Crippen molar-refractivity contribution in [2.45, 2.75) is 12.5 Å². The Hall–Kier alpha value is -2.31. The van der Waals surface area contributed by atoms with Gasteiger partial charge in [0.2, 0.25) is 0 Å². The number of aryl methyl sites for hydroxylation is 1. The van der Waals surface area contributed by atoms with Crippen LogP contribution in [0.4, 0.5) is 0 Å². The minimum atomic E-state index is -0.0993. The van der Waals surface area contributed by atoms with Crippen molar-refractivity contribution in [1.82, 2.24) is 25.4 Å². The number of hydrogen-bond donors (Lipinski definition) is 2. The molecule has 0 aliphatic carbocycles. The van der Waals surface area contributed by atoms with Crippen LogP contribution in [0.1, 0.15) is 17.4 Å². The average molecular weight is 268 g/mol. The summed E-state index contributed by atoms with van der Waals surface area (Å²) in [7, 11) is 1.84. The summed E-state index contributed by atoms with van der Waals surface area (Å²) >= 11 is 0. The Bertz CT molecular complexity index is 715. The molecule has 0 spiro atoms. The summed E-state index contributed by atoms with van der Waals surface area (Å²) in [5.41, 5.74) is 4.64. The molecular formula is C14H16N6. The molecule has 1 aromatic carbocycles. The second-order valence-corrected chi connectivity index (χ2v) is 4.72. The minimum absolute atomic E-state index is 0.0993. The first-order valence-corrected chi connectivity index (χ1v) is 6.43. The van der Waals surface area contributed by atoms with Crippen LogP contribution in [0.3, 0.4) is 0 Å². The van der Waals surface area contributed by atoms with Crippen LogP contribution in [0, 0.1) is 0 Å². The number of rotatable bonds is 4. The minimum Gasteiger partial charge on any atom is -0.271 e. The van der Waals surface area contributed by atoms with Crippen LogP contribution < -0.4 is 11.3 Å². The highest BCUT2D eigenvalue weighted by Gasteiger charge is 2.16. The normalized spacial score (nSPS) is 12.7. The van der Waals surface area contributed by atoms with Gasteiger partial charge in [0, 0.05) is 31.2 Å². The molecule has 0 aliphatic heterocycles. The molecule has 3 aromatic rings. The number of hydrazine groups is 1. The van der Waals surface area contributed by atoms with Crippen LogP contribution in [0.25, 0.3) is 10.8 Å². The first-order valence-electron chi connectivity index (χ1n) is 6.43. The Labute approximate surface area is 116 Å². The third-order valence-electron chi connectivity index (χ3n) is 3.30. The second kappa shape index (κ2) is 5.36. The smallest absolute Gasteiger partial charge is 0.0847 e. The molecule has 0 bridgehead atoms. The number of nitrogens with two attached hydrogens (primary N) is 1. The fraction of sp³-hybridized carbons (Fsp3) is 0.214. The van der Waals surface area contributed by atoms with Crippen LogP contribution >= 0.6 is 0 Å². The summed E-state index contributed by atoms with van der Waals surface area (Å²) < 4.78 is 1.68. The second-order valence-electron chi connectivity index (χ2n) is 4.72. The maximum Gasteiger partial charge on any atom is 0.0847 e. The molecule has 0 amide bonds. The molecule has 2 aromatic heterocycles. The number of benzene rings is 1. The van der Waals surface area contributed by atoms with Crippen molar-refractivity contribution in [3.63, 3.8) is 0 Å². The topological polar surface area (TPSA) is 81.7 Å². The van der Waals surface area contributed by atoms with E-state index >= 15 is 0 Å². The van der Waals surface area contributed by atoms with E-state index in [1.807, 2.05) is 31.4 Å². The van der Waals surface area contributed by atoms with E-state index in [-0.39, 0.29) is 6.04 Å². The van der Waals surface area contributed by atoms with E-state index in [1.54, 1.807) is 10.9 Å². The average Bonchev–Trinajstić information content (AvgIpc) is 2.89. The number of nitrogens with one attached hydrogen (secondary N) is 1. The van der Waals surface area contributed by atoms with Gasteiger partial charge >= 0.3 is 0 Å². The van der Waals surface area contributed by atoms with Gasteiger partial charge in [-0.3, -0.25) is 20.9 Å². The van der Waals surface area contributed by atoms with Gasteiger partial charge in [-0.2, -0.15) is 0 Å². The quantitative estimate of drug-likeness (QED) is 0.547. The van der Waals surface area contributed by atoms with Crippen molar-refractivity contribution in [3.05, 3.63) is 54.1 Å². The van der Waals surface area contributed by atoms with Crippen molar-refractivity contribution in [3.8, 4) is 0 Å². The Morgan fingerprint density at radius 1 is 1.30 bits per heavy atom. The van der Waals surface area contributed by atoms with Crippen molar-refractivity contribution in [2.75, 3.05) is 0 Å². The van der Waals surface area contributed by atoms with E-state index in [4.69, 9.17) is 5.84 Å². The van der Waals surface area contributed by atoms with Crippen LogP contribution in [0.2, 0.25) is 0 Å². The standard InChI is InChI=1S/C14H16N6/c1-20-9-11(18-19-20)8-13(17-15)14-12-5-3-2-4-10(12)6-7-16-14/h2-7,9,13,17H,8,15H2,1H3. The van der Waals surface area contributed by atoms with Gasteiger partial charge in [0.15, 0.2) is 0 Å². The fourth-order valence-corrected chi connectivity index (χ4v) is 2.35. The maximum absolute atomic E-state index is 5.71. The number of nitrogens with zero attached hydrogens (tertiary/aromatic N) is 4. The van der Waals surface area contributed by atoms with Crippen LogP contribution in [-0.4, -0.2) is 20.0 Å². The Balaban J connectivity index is 1.98. The van der Waals surface area contributed by atoms with E-state index < -0.39 is 0 Å². The molecule has 3 N–H and O–H groups in total. The Morgan fingerprint density at radius 3 is 2.90 bits per heavy atom. The summed E-state index contributed by atoms with van der Waals surface area (Å²) in [6, 6.07) is 10.0. The van der Waals surface area contributed by atoms with Crippen LogP contribution in [0.5, 0.6) is 0 Å². The SMILES string of the molecule is Cn1cc(CC(NN)c2nccc3ccccc23)nn1. The molecule has 0 saturated carbocycles. The molecule has 0 radical (unpaired) electrons. The Morgan fingerprint density at radius 2 is 2.15 bits per heavy atom. The van der Waals surface area contributed by atoms with Crippen LogP contribution in [-0.2, 0) is 13.5 Å². The molecule has 0 aliphatic rings. The summed E-state index contributed by atoms with van der Waals surface area (Å²) in [6.07, 6.45) is 4.33. The molecular weight excluding hydrogens is 252 g/mol. The molecule has 6 heteroatoms. The molecule has 102 valence electrons. The van der Waals surface area contributed by atoms with E-state index in [1.165, 1.54) is 0 Å². The lowest BCUT2D eigenvalue weighted by molar-refractivity contribution is 0.536. The third-order valence-corrected chi connectivity index (χ3v) is 3.30. The predicted octanol–water partition coefficient (Wildman–Crippen LogP) is 1.11. The van der Waals surface area contributed by atoms with E-state index in [2.05, 4.69) is 32.9 Å². The lowest BCUT2D eigenvalue weighted by atomic mass is 10.0. The number of pyridine rings is 1. The molecule has 0 saturated heterocycles. The molecule has 2 heterocycles. The molecule has 20 heavy (non-hydrogen) atoms. The molecule has 6 nitrogen and oxygen atoms in total. The highest BCUT2D eigenvalue weighted by molar-refractivity contribution is 5.84. The number of hydrogen-bond acceptors (Lipinski definition) is 5. The van der Waals surface area contributed by atoms with Crippen molar-refractivity contribution in [1.29, 1.82) is 0 Å². The lowest BCUT2D eigenvalue weighted by Gasteiger charge is -2.16. The molecule has 1 atom stereocenters. The zero-order valence-corrected chi connectivity index (χ0v) is 11.2. The van der Waals surface area contributed by atoms with E-state index in [9.17, 15) is 0 Å².